The lowest BCUT2D eigenvalue weighted by atomic mass is 10.2. The lowest BCUT2D eigenvalue weighted by Crippen LogP contribution is -2.28. The van der Waals surface area contributed by atoms with Gasteiger partial charge in [0.15, 0.2) is 0 Å². The fourth-order valence-corrected chi connectivity index (χ4v) is 2.64. The Morgan fingerprint density at radius 2 is 2.26 bits per heavy atom. The van der Waals surface area contributed by atoms with E-state index in [0.717, 1.165) is 25.6 Å². The monoisotopic (exact) mass is 262 g/mol. The number of aromatic nitrogens is 1. The van der Waals surface area contributed by atoms with Crippen molar-refractivity contribution in [2.45, 2.75) is 31.3 Å². The second-order valence-corrected chi connectivity index (χ2v) is 5.28. The van der Waals surface area contributed by atoms with Gasteiger partial charge in [-0.2, -0.15) is 0 Å². The Morgan fingerprint density at radius 3 is 2.95 bits per heavy atom. The van der Waals surface area contributed by atoms with Crippen LogP contribution in [0.15, 0.2) is 12.3 Å². The summed E-state index contributed by atoms with van der Waals surface area (Å²) in [4.78, 5) is 17.7. The van der Waals surface area contributed by atoms with Crippen LogP contribution in [0.3, 0.4) is 0 Å². The average molecular weight is 262 g/mol. The molecule has 1 aliphatic carbocycles. The predicted molar refractivity (Wildman–Crippen MR) is 72.2 cm³/mol. The normalized spacial score (nSPS) is 23.5. The number of nitrogens with two attached hydrogens (primary N) is 1. The third-order valence-corrected chi connectivity index (χ3v) is 3.84. The van der Waals surface area contributed by atoms with Gasteiger partial charge in [-0.3, -0.25) is 4.90 Å². The summed E-state index contributed by atoms with van der Waals surface area (Å²) in [6.07, 6.45) is 5.15. The smallest absolute Gasteiger partial charge is 0.337 e. The third kappa shape index (κ3) is 2.49. The number of anilines is 2. The van der Waals surface area contributed by atoms with E-state index < -0.39 is 5.97 Å². The van der Waals surface area contributed by atoms with Crippen molar-refractivity contribution >= 4 is 17.5 Å². The molecule has 2 fully saturated rings. The van der Waals surface area contributed by atoms with Crippen molar-refractivity contribution in [1.29, 1.82) is 0 Å². The standard InChI is InChI=1S/C13H18N4O2/c14-11-10(13(18)19)3-5-15-12(11)16-8-4-6-17(7-8)9-1-2-9/h3,5,8-9H,1-2,4,6-7,14H2,(H,15,16)(H,18,19). The second-order valence-electron chi connectivity index (χ2n) is 5.28. The molecule has 0 aromatic carbocycles. The van der Waals surface area contributed by atoms with Gasteiger partial charge in [0.2, 0.25) is 0 Å². The molecular formula is C13H18N4O2. The zero-order chi connectivity index (χ0) is 13.4. The van der Waals surface area contributed by atoms with Crippen LogP contribution in [-0.4, -0.2) is 46.1 Å². The Labute approximate surface area is 111 Å². The van der Waals surface area contributed by atoms with E-state index in [2.05, 4.69) is 15.2 Å². The molecule has 2 aliphatic rings. The first-order valence-corrected chi connectivity index (χ1v) is 6.63. The van der Waals surface area contributed by atoms with Crippen LogP contribution in [0.4, 0.5) is 11.5 Å². The highest BCUT2D eigenvalue weighted by atomic mass is 16.4. The largest absolute Gasteiger partial charge is 0.478 e. The van der Waals surface area contributed by atoms with Gasteiger partial charge in [-0.05, 0) is 25.3 Å². The molecule has 102 valence electrons. The Hall–Kier alpha value is -1.82. The Bertz CT molecular complexity index is 501. The molecule has 1 atom stereocenters. The number of likely N-dealkylation sites (tertiary alicyclic amines) is 1. The number of nitrogen functional groups attached to an aromatic ring is 1. The molecular weight excluding hydrogens is 244 g/mol. The third-order valence-electron chi connectivity index (χ3n) is 3.84. The quantitative estimate of drug-likeness (QED) is 0.750. The summed E-state index contributed by atoms with van der Waals surface area (Å²) in [6.45, 7) is 2.09. The maximum absolute atomic E-state index is 11.0. The number of rotatable bonds is 4. The van der Waals surface area contributed by atoms with E-state index in [9.17, 15) is 4.79 Å². The van der Waals surface area contributed by atoms with Crippen molar-refractivity contribution in [3.8, 4) is 0 Å². The van der Waals surface area contributed by atoms with Crippen molar-refractivity contribution in [1.82, 2.24) is 9.88 Å². The summed E-state index contributed by atoms with van der Waals surface area (Å²) in [5.41, 5.74) is 6.18. The summed E-state index contributed by atoms with van der Waals surface area (Å²) in [5, 5.41) is 12.3. The molecule has 1 aromatic rings. The molecule has 19 heavy (non-hydrogen) atoms. The average Bonchev–Trinajstić information content (AvgIpc) is 3.12. The Kier molecular flexibility index (Phi) is 3.02. The highest BCUT2D eigenvalue weighted by molar-refractivity contribution is 5.96. The number of carboxylic acid groups (broad SMARTS) is 1. The zero-order valence-corrected chi connectivity index (χ0v) is 10.7. The Balaban J connectivity index is 1.69. The number of aromatic carboxylic acids is 1. The number of nitrogens with one attached hydrogen (secondary N) is 1. The number of carbonyl (C=O) groups is 1. The molecule has 2 heterocycles. The minimum atomic E-state index is -1.02. The molecule has 1 aromatic heterocycles. The SMILES string of the molecule is Nc1c(C(=O)O)ccnc1NC1CCN(C2CC2)C1. The van der Waals surface area contributed by atoms with Crippen LogP contribution in [0.25, 0.3) is 0 Å². The maximum atomic E-state index is 11.0. The van der Waals surface area contributed by atoms with E-state index >= 15 is 0 Å². The highest BCUT2D eigenvalue weighted by Crippen LogP contribution is 2.31. The summed E-state index contributed by atoms with van der Waals surface area (Å²) in [5.74, 6) is -0.531. The number of hydrogen-bond acceptors (Lipinski definition) is 5. The molecule has 1 saturated heterocycles. The van der Waals surface area contributed by atoms with Crippen LogP contribution in [0.1, 0.15) is 29.6 Å². The number of nitrogens with zero attached hydrogens (tertiary/aromatic N) is 2. The van der Waals surface area contributed by atoms with Gasteiger partial charge < -0.3 is 16.2 Å². The zero-order valence-electron chi connectivity index (χ0n) is 10.7. The van der Waals surface area contributed by atoms with Crippen molar-refractivity contribution in [3.63, 3.8) is 0 Å². The van der Waals surface area contributed by atoms with E-state index in [0.29, 0.717) is 11.9 Å². The van der Waals surface area contributed by atoms with Gasteiger partial charge in [0.05, 0.1) is 11.3 Å². The topological polar surface area (TPSA) is 91.5 Å². The van der Waals surface area contributed by atoms with E-state index in [1.54, 1.807) is 0 Å². The van der Waals surface area contributed by atoms with Crippen LogP contribution < -0.4 is 11.1 Å². The van der Waals surface area contributed by atoms with Crippen LogP contribution in [0, 0.1) is 0 Å². The molecule has 1 saturated carbocycles. The Morgan fingerprint density at radius 1 is 1.47 bits per heavy atom. The van der Waals surface area contributed by atoms with Gasteiger partial charge >= 0.3 is 5.97 Å². The van der Waals surface area contributed by atoms with Crippen LogP contribution in [0.2, 0.25) is 0 Å². The lowest BCUT2D eigenvalue weighted by Gasteiger charge is -2.17. The van der Waals surface area contributed by atoms with Gasteiger partial charge in [0.25, 0.3) is 0 Å². The summed E-state index contributed by atoms with van der Waals surface area (Å²) in [7, 11) is 0. The van der Waals surface area contributed by atoms with Crippen molar-refractivity contribution in [2.75, 3.05) is 24.1 Å². The predicted octanol–water partition coefficient (Wildman–Crippen LogP) is 1.01. The van der Waals surface area contributed by atoms with Gasteiger partial charge in [-0.1, -0.05) is 0 Å². The minimum absolute atomic E-state index is 0.106. The van der Waals surface area contributed by atoms with Crippen LogP contribution in [-0.2, 0) is 0 Å². The van der Waals surface area contributed by atoms with E-state index in [4.69, 9.17) is 10.8 Å². The summed E-state index contributed by atoms with van der Waals surface area (Å²) < 4.78 is 0. The maximum Gasteiger partial charge on any atom is 0.337 e. The van der Waals surface area contributed by atoms with Gasteiger partial charge in [0.1, 0.15) is 5.82 Å². The fraction of sp³-hybridized carbons (Fsp3) is 0.538. The molecule has 0 bridgehead atoms. The summed E-state index contributed by atoms with van der Waals surface area (Å²) >= 11 is 0. The molecule has 4 N–H and O–H groups in total. The molecule has 1 unspecified atom stereocenters. The number of pyridine rings is 1. The number of hydrogen-bond donors (Lipinski definition) is 3. The molecule has 0 radical (unpaired) electrons. The van der Waals surface area contributed by atoms with Gasteiger partial charge in [0, 0.05) is 31.4 Å². The molecule has 0 spiro atoms. The first-order chi connectivity index (χ1) is 9.15. The highest BCUT2D eigenvalue weighted by Gasteiger charge is 2.34. The number of carboxylic acids is 1. The van der Waals surface area contributed by atoms with Gasteiger partial charge in [-0.15, -0.1) is 0 Å². The van der Waals surface area contributed by atoms with Crippen LogP contribution in [0.5, 0.6) is 0 Å². The van der Waals surface area contributed by atoms with Crippen molar-refractivity contribution in [2.24, 2.45) is 0 Å². The van der Waals surface area contributed by atoms with Crippen LogP contribution >= 0.6 is 0 Å². The lowest BCUT2D eigenvalue weighted by molar-refractivity contribution is 0.0698. The first kappa shape index (κ1) is 12.2. The van der Waals surface area contributed by atoms with E-state index in [1.165, 1.54) is 25.1 Å². The van der Waals surface area contributed by atoms with Gasteiger partial charge in [-0.25, -0.2) is 9.78 Å². The first-order valence-electron chi connectivity index (χ1n) is 6.63. The molecule has 6 heteroatoms. The van der Waals surface area contributed by atoms with E-state index in [-0.39, 0.29) is 11.3 Å². The summed E-state index contributed by atoms with van der Waals surface area (Å²) in [6, 6.07) is 2.50. The second kappa shape index (κ2) is 4.70. The molecule has 6 nitrogen and oxygen atoms in total. The van der Waals surface area contributed by atoms with Crippen molar-refractivity contribution in [3.05, 3.63) is 17.8 Å². The molecule has 1 aliphatic heterocycles. The minimum Gasteiger partial charge on any atom is -0.478 e. The molecule has 3 rings (SSSR count). The van der Waals surface area contributed by atoms with E-state index in [1.807, 2.05) is 0 Å². The van der Waals surface area contributed by atoms with Crippen molar-refractivity contribution < 1.29 is 9.90 Å². The fourth-order valence-electron chi connectivity index (χ4n) is 2.64. The molecule has 0 amide bonds.